The average molecular weight is 798 g/mol. The van der Waals surface area contributed by atoms with Crippen LogP contribution in [-0.4, -0.2) is 0 Å². The van der Waals surface area contributed by atoms with Gasteiger partial charge in [-0.15, -0.1) is 0 Å². The molecule has 0 aromatic heterocycles. The largest absolute Gasteiger partial charge is 0.309 e. The summed E-state index contributed by atoms with van der Waals surface area (Å²) in [4.78, 5) is 4.92. The Morgan fingerprint density at radius 3 is 1.62 bits per heavy atom. The smallest absolute Gasteiger partial charge is 0.0543 e. The van der Waals surface area contributed by atoms with E-state index in [4.69, 9.17) is 0 Å². The van der Waals surface area contributed by atoms with Crippen molar-refractivity contribution in [1.29, 1.82) is 0 Å². The molecule has 0 heterocycles. The van der Waals surface area contributed by atoms with E-state index in [1.165, 1.54) is 65.1 Å². The molecule has 0 aliphatic rings. The third kappa shape index (κ3) is 8.02. The number of anilines is 3. The number of benzene rings is 10. The molecule has 0 radical (unpaired) electrons. The summed E-state index contributed by atoms with van der Waals surface area (Å²) in [5, 5.41) is 2.54. The highest BCUT2D eigenvalue weighted by atomic mass is 32.2. The van der Waals surface area contributed by atoms with E-state index in [2.05, 4.69) is 254 Å². The van der Waals surface area contributed by atoms with Crippen LogP contribution in [0.25, 0.3) is 55.3 Å². The van der Waals surface area contributed by atoms with Gasteiger partial charge in [0.05, 0.1) is 11.4 Å². The lowest BCUT2D eigenvalue weighted by Gasteiger charge is -2.32. The number of fused-ring (bicyclic) bond motifs is 1. The first-order valence-electron chi connectivity index (χ1n) is 20.9. The van der Waals surface area contributed by atoms with Gasteiger partial charge in [0.25, 0.3) is 0 Å². The highest BCUT2D eigenvalue weighted by Gasteiger charge is 2.25. The van der Waals surface area contributed by atoms with Crippen LogP contribution in [0.15, 0.2) is 259 Å². The zero-order chi connectivity index (χ0) is 40.8. The fourth-order valence-electron chi connectivity index (χ4n) is 8.49. The average Bonchev–Trinajstić information content (AvgIpc) is 3.34. The standard InChI is InChI=1S/C59H43NS/c1-5-19-43(20-6-1)45-35-38-51(39-36-45)60(56-40-37-48(44-21-7-2-8-22-44)42-55(56)47-23-9-3-10-24-47)57-33-18-28-50(41-49-27-17-26-46-25-13-14-31-53(46)49)59(57)54-32-15-16-34-58(54)61-52-29-11-4-12-30-52/h1-40,42H,41H2. The maximum Gasteiger partial charge on any atom is 0.0543 e. The molecule has 0 aliphatic heterocycles. The van der Waals surface area contributed by atoms with Gasteiger partial charge in [0.2, 0.25) is 0 Å². The predicted molar refractivity (Wildman–Crippen MR) is 260 cm³/mol. The van der Waals surface area contributed by atoms with Gasteiger partial charge in [0.1, 0.15) is 0 Å². The minimum absolute atomic E-state index is 0.772. The molecule has 61 heavy (non-hydrogen) atoms. The fourth-order valence-corrected chi connectivity index (χ4v) is 9.47. The molecule has 0 N–H and O–H groups in total. The molecule has 0 saturated heterocycles. The van der Waals surface area contributed by atoms with Crippen molar-refractivity contribution in [2.24, 2.45) is 0 Å². The summed E-state index contributed by atoms with van der Waals surface area (Å²) in [5.74, 6) is 0. The second-order valence-electron chi connectivity index (χ2n) is 15.2. The maximum absolute atomic E-state index is 2.50. The summed E-state index contributed by atoms with van der Waals surface area (Å²) in [6, 6.07) is 90.3. The molecule has 0 atom stereocenters. The Morgan fingerprint density at radius 1 is 0.344 bits per heavy atom. The molecule has 0 saturated carbocycles. The number of rotatable bonds is 11. The van der Waals surface area contributed by atoms with Crippen molar-refractivity contribution in [3.8, 4) is 44.5 Å². The Bertz CT molecular complexity index is 3050. The second-order valence-corrected chi connectivity index (χ2v) is 16.4. The normalized spacial score (nSPS) is 11.1. The van der Waals surface area contributed by atoms with Crippen LogP contribution in [0, 0.1) is 0 Å². The molecule has 1 nitrogen and oxygen atoms in total. The summed E-state index contributed by atoms with van der Waals surface area (Å²) in [6.45, 7) is 0. The topological polar surface area (TPSA) is 3.24 Å². The van der Waals surface area contributed by atoms with E-state index < -0.39 is 0 Å². The first-order valence-corrected chi connectivity index (χ1v) is 21.7. The maximum atomic E-state index is 2.50. The van der Waals surface area contributed by atoms with Crippen molar-refractivity contribution < 1.29 is 0 Å². The number of hydrogen-bond donors (Lipinski definition) is 0. The molecule has 0 amide bonds. The Kier molecular flexibility index (Phi) is 10.8. The van der Waals surface area contributed by atoms with Gasteiger partial charge in [0.15, 0.2) is 0 Å². The molecule has 2 heteroatoms. The van der Waals surface area contributed by atoms with E-state index in [0.717, 1.165) is 34.6 Å². The van der Waals surface area contributed by atoms with Crippen LogP contribution in [0.5, 0.6) is 0 Å². The molecule has 10 rings (SSSR count). The highest BCUT2D eigenvalue weighted by Crippen LogP contribution is 2.49. The number of hydrogen-bond acceptors (Lipinski definition) is 2. The fraction of sp³-hybridized carbons (Fsp3) is 0.0169. The van der Waals surface area contributed by atoms with Crippen molar-refractivity contribution >= 4 is 39.6 Å². The summed E-state index contributed by atoms with van der Waals surface area (Å²) in [7, 11) is 0. The monoisotopic (exact) mass is 797 g/mol. The first kappa shape index (κ1) is 37.9. The van der Waals surface area contributed by atoms with Crippen LogP contribution >= 0.6 is 11.8 Å². The minimum atomic E-state index is 0.772. The van der Waals surface area contributed by atoms with Crippen molar-refractivity contribution in [2.45, 2.75) is 16.2 Å². The molecule has 0 fully saturated rings. The molecule has 290 valence electrons. The van der Waals surface area contributed by atoms with Gasteiger partial charge in [0, 0.05) is 26.6 Å². The zero-order valence-corrected chi connectivity index (χ0v) is 34.6. The van der Waals surface area contributed by atoms with E-state index in [1.807, 2.05) is 11.8 Å². The van der Waals surface area contributed by atoms with Gasteiger partial charge < -0.3 is 4.90 Å². The summed E-state index contributed by atoms with van der Waals surface area (Å²) in [5.41, 5.74) is 15.4. The summed E-state index contributed by atoms with van der Waals surface area (Å²) < 4.78 is 0. The van der Waals surface area contributed by atoms with E-state index in [0.29, 0.717) is 0 Å². The molecular weight excluding hydrogens is 755 g/mol. The second kappa shape index (κ2) is 17.5. The van der Waals surface area contributed by atoms with Crippen LogP contribution < -0.4 is 4.90 Å². The van der Waals surface area contributed by atoms with Crippen molar-refractivity contribution in [3.05, 3.63) is 260 Å². The SMILES string of the molecule is c1ccc(Sc2ccccc2-c2c(Cc3cccc4ccccc34)cccc2N(c2ccc(-c3ccccc3)cc2)c2ccc(-c3ccccc3)cc2-c2ccccc2)cc1. The molecule has 10 aromatic rings. The molecule has 0 spiro atoms. The lowest BCUT2D eigenvalue weighted by atomic mass is 9.90. The Morgan fingerprint density at radius 2 is 0.885 bits per heavy atom. The summed E-state index contributed by atoms with van der Waals surface area (Å²) >= 11 is 1.82. The van der Waals surface area contributed by atoms with Gasteiger partial charge >= 0.3 is 0 Å². The van der Waals surface area contributed by atoms with Crippen LogP contribution in [0.4, 0.5) is 17.1 Å². The molecule has 0 unspecified atom stereocenters. The van der Waals surface area contributed by atoms with Gasteiger partial charge in [-0.05, 0) is 110 Å². The Balaban J connectivity index is 1.24. The lowest BCUT2D eigenvalue weighted by Crippen LogP contribution is -2.14. The third-order valence-corrected chi connectivity index (χ3v) is 12.5. The quantitative estimate of drug-likeness (QED) is 0.128. The Labute approximate surface area is 363 Å². The Hall–Kier alpha value is -7.39. The zero-order valence-electron chi connectivity index (χ0n) is 33.7. The molecule has 0 bridgehead atoms. The molecular formula is C59H43NS. The molecule has 10 aromatic carbocycles. The van der Waals surface area contributed by atoms with Crippen LogP contribution in [0.1, 0.15) is 11.1 Å². The van der Waals surface area contributed by atoms with E-state index in [-0.39, 0.29) is 0 Å². The van der Waals surface area contributed by atoms with Gasteiger partial charge in [-0.3, -0.25) is 0 Å². The summed E-state index contributed by atoms with van der Waals surface area (Å²) in [6.07, 6.45) is 0.772. The van der Waals surface area contributed by atoms with E-state index in [9.17, 15) is 0 Å². The lowest BCUT2D eigenvalue weighted by molar-refractivity contribution is 1.19. The number of nitrogens with zero attached hydrogens (tertiary/aromatic N) is 1. The third-order valence-electron chi connectivity index (χ3n) is 11.4. The van der Waals surface area contributed by atoms with Gasteiger partial charge in [-0.25, -0.2) is 0 Å². The highest BCUT2D eigenvalue weighted by molar-refractivity contribution is 7.99. The van der Waals surface area contributed by atoms with E-state index >= 15 is 0 Å². The van der Waals surface area contributed by atoms with Crippen LogP contribution in [0.2, 0.25) is 0 Å². The van der Waals surface area contributed by atoms with Gasteiger partial charge in [-0.1, -0.05) is 212 Å². The van der Waals surface area contributed by atoms with Crippen LogP contribution in [0.3, 0.4) is 0 Å². The predicted octanol–water partition coefficient (Wildman–Crippen LogP) is 16.7. The van der Waals surface area contributed by atoms with Crippen LogP contribution in [-0.2, 0) is 6.42 Å². The van der Waals surface area contributed by atoms with Crippen molar-refractivity contribution in [1.82, 2.24) is 0 Å². The minimum Gasteiger partial charge on any atom is -0.309 e. The molecule has 0 aliphatic carbocycles. The van der Waals surface area contributed by atoms with Gasteiger partial charge in [-0.2, -0.15) is 0 Å². The van der Waals surface area contributed by atoms with Crippen molar-refractivity contribution in [2.75, 3.05) is 4.90 Å². The van der Waals surface area contributed by atoms with Crippen molar-refractivity contribution in [3.63, 3.8) is 0 Å². The van der Waals surface area contributed by atoms with E-state index in [1.54, 1.807) is 0 Å². The first-order chi connectivity index (χ1) is 30.3.